The first-order chi connectivity index (χ1) is 5.08. The van der Waals surface area contributed by atoms with Gasteiger partial charge in [-0.3, -0.25) is 9.59 Å². The summed E-state index contributed by atoms with van der Waals surface area (Å²) in [5.41, 5.74) is -0.924. The van der Waals surface area contributed by atoms with E-state index in [1.165, 1.54) is 0 Å². The standard InChI is InChI=1S/C8H14O3/c1-4-7(10)11-8(3,5-2)6-9/h6H,4-5H2,1-3H3. The molecule has 0 aromatic carbocycles. The third-order valence-corrected chi connectivity index (χ3v) is 1.59. The largest absolute Gasteiger partial charge is 0.452 e. The summed E-state index contributed by atoms with van der Waals surface area (Å²) in [5, 5.41) is 0. The van der Waals surface area contributed by atoms with Crippen molar-refractivity contribution in [2.45, 2.75) is 39.2 Å². The van der Waals surface area contributed by atoms with Crippen molar-refractivity contribution in [2.75, 3.05) is 0 Å². The van der Waals surface area contributed by atoms with Crippen LogP contribution in [-0.2, 0) is 14.3 Å². The Morgan fingerprint density at radius 3 is 2.36 bits per heavy atom. The van der Waals surface area contributed by atoms with E-state index in [9.17, 15) is 9.59 Å². The molecule has 0 radical (unpaired) electrons. The van der Waals surface area contributed by atoms with E-state index in [0.717, 1.165) is 0 Å². The monoisotopic (exact) mass is 158 g/mol. The molecule has 0 aliphatic carbocycles. The minimum Gasteiger partial charge on any atom is -0.452 e. The molecule has 3 heteroatoms. The lowest BCUT2D eigenvalue weighted by Gasteiger charge is -2.20. The number of aldehydes is 1. The second kappa shape index (κ2) is 4.11. The maximum absolute atomic E-state index is 10.8. The normalized spacial score (nSPS) is 15.2. The molecular formula is C8H14O3. The van der Waals surface area contributed by atoms with Crippen LogP contribution in [-0.4, -0.2) is 17.9 Å². The Balaban J connectivity index is 4.07. The van der Waals surface area contributed by atoms with Gasteiger partial charge in [0.2, 0.25) is 0 Å². The molecule has 0 saturated heterocycles. The van der Waals surface area contributed by atoms with Gasteiger partial charge in [-0.05, 0) is 13.3 Å². The minimum atomic E-state index is -0.924. The number of carbonyl (C=O) groups is 2. The van der Waals surface area contributed by atoms with Crippen molar-refractivity contribution in [2.24, 2.45) is 0 Å². The molecule has 64 valence electrons. The van der Waals surface area contributed by atoms with Crippen LogP contribution in [0.1, 0.15) is 33.6 Å². The van der Waals surface area contributed by atoms with Gasteiger partial charge < -0.3 is 4.74 Å². The van der Waals surface area contributed by atoms with Gasteiger partial charge in [0, 0.05) is 6.42 Å². The SMILES string of the molecule is CCC(=O)OC(C)(C=O)CC. The molecule has 0 bridgehead atoms. The zero-order chi connectivity index (χ0) is 8.91. The number of ether oxygens (including phenoxy) is 1. The average Bonchev–Trinajstić information content (AvgIpc) is 2.04. The number of rotatable bonds is 4. The number of hydrogen-bond acceptors (Lipinski definition) is 3. The molecule has 0 saturated carbocycles. The van der Waals surface area contributed by atoms with E-state index in [4.69, 9.17) is 4.74 Å². The fourth-order valence-electron chi connectivity index (χ4n) is 0.512. The van der Waals surface area contributed by atoms with E-state index in [1.807, 2.05) is 0 Å². The molecule has 0 aliphatic rings. The summed E-state index contributed by atoms with van der Waals surface area (Å²) >= 11 is 0. The highest BCUT2D eigenvalue weighted by atomic mass is 16.6. The highest BCUT2D eigenvalue weighted by Gasteiger charge is 2.24. The average molecular weight is 158 g/mol. The zero-order valence-corrected chi connectivity index (χ0v) is 7.22. The molecule has 0 spiro atoms. The van der Waals surface area contributed by atoms with Gasteiger partial charge >= 0.3 is 5.97 Å². The molecule has 0 heterocycles. The van der Waals surface area contributed by atoms with Crippen molar-refractivity contribution >= 4 is 12.3 Å². The van der Waals surface area contributed by atoms with E-state index < -0.39 is 5.60 Å². The summed E-state index contributed by atoms with van der Waals surface area (Å²) in [7, 11) is 0. The summed E-state index contributed by atoms with van der Waals surface area (Å²) < 4.78 is 4.88. The van der Waals surface area contributed by atoms with Gasteiger partial charge in [0.05, 0.1) is 0 Å². The van der Waals surface area contributed by atoms with Crippen LogP contribution in [0.5, 0.6) is 0 Å². The topological polar surface area (TPSA) is 43.4 Å². The fraction of sp³-hybridized carbons (Fsp3) is 0.750. The number of carbonyl (C=O) groups excluding carboxylic acids is 2. The van der Waals surface area contributed by atoms with E-state index in [1.54, 1.807) is 20.8 Å². The van der Waals surface area contributed by atoms with Crippen LogP contribution >= 0.6 is 0 Å². The third-order valence-electron chi connectivity index (χ3n) is 1.59. The molecule has 0 rings (SSSR count). The maximum Gasteiger partial charge on any atom is 0.306 e. The van der Waals surface area contributed by atoms with Crippen LogP contribution in [0.4, 0.5) is 0 Å². The summed E-state index contributed by atoms with van der Waals surface area (Å²) in [6, 6.07) is 0. The third kappa shape index (κ3) is 3.16. The van der Waals surface area contributed by atoms with Gasteiger partial charge in [-0.2, -0.15) is 0 Å². The molecule has 0 N–H and O–H groups in total. The van der Waals surface area contributed by atoms with Gasteiger partial charge in [-0.25, -0.2) is 0 Å². The summed E-state index contributed by atoms with van der Waals surface area (Å²) in [5.74, 6) is -0.332. The quantitative estimate of drug-likeness (QED) is 0.457. The Bertz CT molecular complexity index is 153. The van der Waals surface area contributed by atoms with Crippen LogP contribution in [0.25, 0.3) is 0 Å². The zero-order valence-electron chi connectivity index (χ0n) is 7.22. The van der Waals surface area contributed by atoms with Crippen molar-refractivity contribution < 1.29 is 14.3 Å². The molecule has 1 unspecified atom stereocenters. The Kier molecular flexibility index (Phi) is 3.79. The van der Waals surface area contributed by atoms with Crippen molar-refractivity contribution in [1.29, 1.82) is 0 Å². The van der Waals surface area contributed by atoms with Crippen molar-refractivity contribution in [1.82, 2.24) is 0 Å². The molecule has 11 heavy (non-hydrogen) atoms. The van der Waals surface area contributed by atoms with Crippen LogP contribution in [0, 0.1) is 0 Å². The summed E-state index contributed by atoms with van der Waals surface area (Å²) in [4.78, 5) is 21.2. The first-order valence-electron chi connectivity index (χ1n) is 3.76. The fourth-order valence-corrected chi connectivity index (χ4v) is 0.512. The lowest BCUT2D eigenvalue weighted by molar-refractivity contribution is -0.161. The molecule has 0 aromatic rings. The van der Waals surface area contributed by atoms with Gasteiger partial charge in [-0.15, -0.1) is 0 Å². The molecular weight excluding hydrogens is 144 g/mol. The van der Waals surface area contributed by atoms with Crippen LogP contribution in [0.15, 0.2) is 0 Å². The Hall–Kier alpha value is -0.860. The molecule has 3 nitrogen and oxygen atoms in total. The second-order valence-electron chi connectivity index (χ2n) is 2.61. The van der Waals surface area contributed by atoms with Gasteiger partial charge in [-0.1, -0.05) is 13.8 Å². The van der Waals surface area contributed by atoms with Gasteiger partial charge in [0.25, 0.3) is 0 Å². The van der Waals surface area contributed by atoms with E-state index >= 15 is 0 Å². The highest BCUT2D eigenvalue weighted by molar-refractivity contribution is 5.74. The van der Waals surface area contributed by atoms with Crippen molar-refractivity contribution in [3.63, 3.8) is 0 Å². The summed E-state index contributed by atoms with van der Waals surface area (Å²) in [6.07, 6.45) is 1.49. The van der Waals surface area contributed by atoms with E-state index in [0.29, 0.717) is 19.1 Å². The lowest BCUT2D eigenvalue weighted by atomic mass is 10.1. The Morgan fingerprint density at radius 2 is 2.09 bits per heavy atom. The lowest BCUT2D eigenvalue weighted by Crippen LogP contribution is -2.32. The Labute approximate surface area is 66.7 Å². The van der Waals surface area contributed by atoms with E-state index in [-0.39, 0.29) is 5.97 Å². The van der Waals surface area contributed by atoms with Crippen LogP contribution in [0.2, 0.25) is 0 Å². The number of esters is 1. The smallest absolute Gasteiger partial charge is 0.306 e. The molecule has 0 aliphatic heterocycles. The summed E-state index contributed by atoms with van der Waals surface area (Å²) in [6.45, 7) is 5.11. The van der Waals surface area contributed by atoms with Gasteiger partial charge in [0.15, 0.2) is 11.9 Å². The van der Waals surface area contributed by atoms with E-state index in [2.05, 4.69) is 0 Å². The number of hydrogen-bond donors (Lipinski definition) is 0. The molecule has 1 atom stereocenters. The molecule has 0 amide bonds. The highest BCUT2D eigenvalue weighted by Crippen LogP contribution is 2.12. The predicted molar refractivity (Wildman–Crippen MR) is 41.1 cm³/mol. The minimum absolute atomic E-state index is 0.309. The first kappa shape index (κ1) is 10.1. The van der Waals surface area contributed by atoms with Crippen molar-refractivity contribution in [3.8, 4) is 0 Å². The predicted octanol–water partition coefficient (Wildman–Crippen LogP) is 1.31. The maximum atomic E-state index is 10.8. The van der Waals surface area contributed by atoms with Crippen LogP contribution < -0.4 is 0 Å². The molecule has 0 aromatic heterocycles. The second-order valence-corrected chi connectivity index (χ2v) is 2.61. The first-order valence-corrected chi connectivity index (χ1v) is 3.76. The Morgan fingerprint density at radius 1 is 1.55 bits per heavy atom. The van der Waals surface area contributed by atoms with Crippen LogP contribution in [0.3, 0.4) is 0 Å². The van der Waals surface area contributed by atoms with Gasteiger partial charge in [0.1, 0.15) is 0 Å². The molecule has 0 fully saturated rings. The van der Waals surface area contributed by atoms with Crippen molar-refractivity contribution in [3.05, 3.63) is 0 Å².